The lowest BCUT2D eigenvalue weighted by Gasteiger charge is -2.24. The maximum atomic E-state index is 2.53. The Balaban J connectivity index is 1.20. The monoisotopic (exact) mass is 712 g/mol. The van der Waals surface area contributed by atoms with Crippen LogP contribution in [0.3, 0.4) is 0 Å². The first-order valence-electron chi connectivity index (χ1n) is 20.0. The molecule has 0 saturated heterocycles. The zero-order valence-electron chi connectivity index (χ0n) is 32.2. The molecule has 9 aromatic carbocycles. The van der Waals surface area contributed by atoms with Crippen molar-refractivity contribution in [3.8, 4) is 77.9 Å². The predicted octanol–water partition coefficient (Wildman–Crippen LogP) is 15.3. The van der Waals surface area contributed by atoms with Crippen LogP contribution in [0.4, 0.5) is 0 Å². The first-order chi connectivity index (χ1) is 27.3. The molecule has 0 unspecified atom stereocenters. The van der Waals surface area contributed by atoms with Gasteiger partial charge >= 0.3 is 0 Å². The molecule has 0 atom stereocenters. The van der Waals surface area contributed by atoms with Crippen LogP contribution in [0.5, 0.6) is 0 Å². The maximum Gasteiger partial charge on any atom is 0.0159 e. The Hall–Kier alpha value is -6.50. The zero-order valence-corrected chi connectivity index (χ0v) is 32.2. The Kier molecular flexibility index (Phi) is 6.28. The molecule has 0 N–H and O–H groups in total. The normalized spacial score (nSPS) is 14.7. The van der Waals surface area contributed by atoms with Crippen LogP contribution in [0.15, 0.2) is 170 Å². The lowest BCUT2D eigenvalue weighted by atomic mass is 9.79. The van der Waals surface area contributed by atoms with Gasteiger partial charge in [0.2, 0.25) is 0 Å². The average Bonchev–Trinajstić information content (AvgIpc) is 3.77. The van der Waals surface area contributed by atoms with Crippen LogP contribution >= 0.6 is 0 Å². The minimum absolute atomic E-state index is 0.0831. The molecule has 56 heavy (non-hydrogen) atoms. The van der Waals surface area contributed by atoms with Crippen LogP contribution in [0, 0.1) is 0 Å². The molecule has 0 fully saturated rings. The number of benzene rings is 9. The highest BCUT2D eigenvalue weighted by atomic mass is 14.4. The van der Waals surface area contributed by atoms with E-state index in [1.54, 1.807) is 0 Å². The van der Waals surface area contributed by atoms with Crippen LogP contribution in [0.2, 0.25) is 0 Å². The van der Waals surface area contributed by atoms with Crippen LogP contribution < -0.4 is 0 Å². The summed E-state index contributed by atoms with van der Waals surface area (Å²) in [6.07, 6.45) is 0. The Morgan fingerprint density at radius 1 is 0.286 bits per heavy atom. The van der Waals surface area contributed by atoms with Gasteiger partial charge < -0.3 is 0 Å². The second-order valence-electron chi connectivity index (χ2n) is 17.2. The Morgan fingerprint density at radius 3 is 1.43 bits per heavy atom. The predicted molar refractivity (Wildman–Crippen MR) is 237 cm³/mol. The molecule has 0 heterocycles. The van der Waals surface area contributed by atoms with E-state index in [0.29, 0.717) is 0 Å². The van der Waals surface area contributed by atoms with Gasteiger partial charge in [-0.1, -0.05) is 179 Å². The third kappa shape index (κ3) is 4.09. The lowest BCUT2D eigenvalue weighted by molar-refractivity contribution is 0.660. The molecule has 0 heteroatoms. The summed E-state index contributed by atoms with van der Waals surface area (Å²) in [5.41, 5.74) is 23.8. The highest BCUT2D eigenvalue weighted by Crippen LogP contribution is 2.57. The molecule has 264 valence electrons. The van der Waals surface area contributed by atoms with Gasteiger partial charge in [-0.15, -0.1) is 0 Å². The van der Waals surface area contributed by atoms with Crippen molar-refractivity contribution in [1.29, 1.82) is 0 Å². The third-order valence-corrected chi connectivity index (χ3v) is 13.6. The van der Waals surface area contributed by atoms with Gasteiger partial charge in [-0.3, -0.25) is 0 Å². The van der Waals surface area contributed by atoms with Crippen LogP contribution in [0.1, 0.15) is 49.9 Å². The van der Waals surface area contributed by atoms with Crippen molar-refractivity contribution in [3.63, 3.8) is 0 Å². The lowest BCUT2D eigenvalue weighted by Crippen LogP contribution is -2.15. The molecular weight excluding hydrogens is 673 g/mol. The Morgan fingerprint density at radius 2 is 0.786 bits per heavy atom. The van der Waals surface area contributed by atoms with E-state index in [1.807, 2.05) is 0 Å². The number of hydrogen-bond donors (Lipinski definition) is 0. The van der Waals surface area contributed by atoms with Crippen molar-refractivity contribution >= 4 is 21.5 Å². The highest BCUT2D eigenvalue weighted by Gasteiger charge is 2.37. The summed E-state index contributed by atoms with van der Waals surface area (Å²) >= 11 is 0. The van der Waals surface area contributed by atoms with E-state index in [0.717, 1.165) is 0 Å². The van der Waals surface area contributed by atoms with Crippen LogP contribution in [0.25, 0.3) is 99.4 Å². The molecule has 12 rings (SSSR count). The van der Waals surface area contributed by atoms with Crippen LogP contribution in [-0.2, 0) is 10.8 Å². The Labute approximate surface area is 328 Å². The fourth-order valence-corrected chi connectivity index (χ4v) is 10.9. The van der Waals surface area contributed by atoms with Crippen molar-refractivity contribution < 1.29 is 0 Å². The molecule has 0 saturated carbocycles. The Bertz CT molecular complexity index is 3170. The summed E-state index contributed by atoms with van der Waals surface area (Å²) in [5.74, 6) is 0. The second-order valence-corrected chi connectivity index (χ2v) is 17.2. The summed E-state index contributed by atoms with van der Waals surface area (Å²) in [5, 5.41) is 5.25. The van der Waals surface area contributed by atoms with E-state index in [2.05, 4.69) is 198 Å². The number of rotatable bonds is 3. The third-order valence-electron chi connectivity index (χ3n) is 13.6. The molecule has 3 aliphatic carbocycles. The van der Waals surface area contributed by atoms with E-state index in [9.17, 15) is 0 Å². The van der Waals surface area contributed by atoms with Gasteiger partial charge in [-0.25, -0.2) is 0 Å². The van der Waals surface area contributed by atoms with Crippen molar-refractivity contribution in [3.05, 3.63) is 192 Å². The van der Waals surface area contributed by atoms with E-state index in [-0.39, 0.29) is 10.8 Å². The molecular formula is C56H40. The number of hydrogen-bond acceptors (Lipinski definition) is 0. The highest BCUT2D eigenvalue weighted by molar-refractivity contribution is 6.26. The first-order valence-corrected chi connectivity index (χ1v) is 20.0. The molecule has 0 aromatic heterocycles. The topological polar surface area (TPSA) is 0 Å². The van der Waals surface area contributed by atoms with Gasteiger partial charge in [-0.2, -0.15) is 0 Å². The second kappa shape index (κ2) is 11.1. The standard InChI is InChI=1S/C56H40/c1-55(2)47-22-10-8-18-39(47)41-26-24-35(30-49(41)55)37-28-29-38(36-25-27-42-40-19-9-11-23-48(40)56(3,4)50(42)31-36)53-45(37)32-46-43-20-12-16-33-17-13-21-44(51(33)43)54(46)52(53)34-14-6-5-7-15-34/h5-32H,1-4H3. The summed E-state index contributed by atoms with van der Waals surface area (Å²) in [7, 11) is 0. The fourth-order valence-electron chi connectivity index (χ4n) is 10.9. The molecule has 0 nitrogen and oxygen atoms in total. The van der Waals surface area contributed by atoms with Crippen molar-refractivity contribution in [1.82, 2.24) is 0 Å². The van der Waals surface area contributed by atoms with Gasteiger partial charge in [0.1, 0.15) is 0 Å². The molecule has 0 amide bonds. The minimum atomic E-state index is -0.0900. The number of fused-ring (bicyclic) bond motifs is 10. The van der Waals surface area contributed by atoms with Crippen molar-refractivity contribution in [2.75, 3.05) is 0 Å². The van der Waals surface area contributed by atoms with E-state index in [4.69, 9.17) is 0 Å². The van der Waals surface area contributed by atoms with Gasteiger partial charge in [0.25, 0.3) is 0 Å². The van der Waals surface area contributed by atoms with Crippen LogP contribution in [-0.4, -0.2) is 0 Å². The SMILES string of the molecule is CC1(C)c2ccccc2-c2ccc(-c3ccc(-c4ccc5c(c4)C(C)(C)c4ccccc4-5)c4c(-c5ccccc5)c5c(cc34)-c3cccc4cccc-5c34)cc21. The van der Waals surface area contributed by atoms with Gasteiger partial charge in [0.15, 0.2) is 0 Å². The quantitative estimate of drug-likeness (QED) is 0.171. The summed E-state index contributed by atoms with van der Waals surface area (Å²) < 4.78 is 0. The summed E-state index contributed by atoms with van der Waals surface area (Å²) in [6, 6.07) is 64.6. The summed E-state index contributed by atoms with van der Waals surface area (Å²) in [6.45, 7) is 9.54. The van der Waals surface area contributed by atoms with Gasteiger partial charge in [-0.05, 0) is 140 Å². The van der Waals surface area contributed by atoms with E-state index < -0.39 is 0 Å². The maximum absolute atomic E-state index is 2.53. The van der Waals surface area contributed by atoms with E-state index in [1.165, 1.54) is 122 Å². The molecule has 0 bridgehead atoms. The molecule has 0 aliphatic heterocycles. The minimum Gasteiger partial charge on any atom is -0.0622 e. The van der Waals surface area contributed by atoms with Crippen molar-refractivity contribution in [2.24, 2.45) is 0 Å². The van der Waals surface area contributed by atoms with Gasteiger partial charge in [0.05, 0.1) is 0 Å². The average molecular weight is 713 g/mol. The van der Waals surface area contributed by atoms with E-state index >= 15 is 0 Å². The first kappa shape index (κ1) is 31.8. The molecule has 9 aromatic rings. The van der Waals surface area contributed by atoms with Gasteiger partial charge in [0, 0.05) is 10.8 Å². The zero-order chi connectivity index (χ0) is 37.5. The summed E-state index contributed by atoms with van der Waals surface area (Å²) in [4.78, 5) is 0. The molecule has 3 aliphatic rings. The smallest absolute Gasteiger partial charge is 0.0159 e. The molecule has 0 radical (unpaired) electrons. The molecule has 0 spiro atoms. The van der Waals surface area contributed by atoms with Crippen molar-refractivity contribution in [2.45, 2.75) is 38.5 Å². The largest absolute Gasteiger partial charge is 0.0622 e. The fraction of sp³-hybridized carbons (Fsp3) is 0.107.